The first kappa shape index (κ1) is 22.2. The number of anilines is 1. The molecule has 0 saturated heterocycles. The second-order valence-corrected chi connectivity index (χ2v) is 9.74. The van der Waals surface area contributed by atoms with Gasteiger partial charge in [-0.3, -0.25) is 9.10 Å². The van der Waals surface area contributed by atoms with Crippen molar-refractivity contribution in [1.82, 2.24) is 4.90 Å². The van der Waals surface area contributed by atoms with E-state index in [1.165, 1.54) is 6.42 Å². The highest BCUT2D eigenvalue weighted by Crippen LogP contribution is 2.24. The van der Waals surface area contributed by atoms with Gasteiger partial charge in [0.15, 0.2) is 0 Å². The molecule has 0 N–H and O–H groups in total. The van der Waals surface area contributed by atoms with Gasteiger partial charge in [0.05, 0.1) is 11.9 Å². The molecule has 2 aromatic carbocycles. The molecule has 1 saturated carbocycles. The molecule has 0 spiro atoms. The van der Waals surface area contributed by atoms with Crippen LogP contribution in [0.4, 0.5) is 5.69 Å². The lowest BCUT2D eigenvalue weighted by atomic mass is 9.94. The number of likely N-dealkylation sites (N-methyl/N-ethyl adjacent to an activating group) is 1. The molecule has 0 heterocycles. The summed E-state index contributed by atoms with van der Waals surface area (Å²) in [6.07, 6.45) is 6.52. The van der Waals surface area contributed by atoms with Gasteiger partial charge in [0.2, 0.25) is 15.9 Å². The molecule has 0 radical (unpaired) electrons. The molecule has 0 atom stereocenters. The molecule has 162 valence electrons. The summed E-state index contributed by atoms with van der Waals surface area (Å²) in [5, 5.41) is 0. The number of carbonyl (C=O) groups is 1. The minimum absolute atomic E-state index is 0.184. The average Bonchev–Trinajstić information content (AvgIpc) is 2.76. The number of rotatable bonds is 8. The minimum atomic E-state index is -3.60. The average molecular weight is 431 g/mol. The zero-order chi connectivity index (χ0) is 21.6. The van der Waals surface area contributed by atoms with Crippen LogP contribution in [0.25, 0.3) is 0 Å². The largest absolute Gasteiger partial charge is 0.489 e. The van der Waals surface area contributed by atoms with E-state index in [4.69, 9.17) is 4.74 Å². The standard InChI is InChI=1S/C23H30N2O4S/c1-24(20-11-7-4-8-12-20)23(26)17-25(30(2,27)28)21-13-15-22(16-14-21)29-18-19-9-5-3-6-10-19/h3,5-6,9-10,13-16,20H,4,7-8,11-12,17-18H2,1-2H3. The van der Waals surface area contributed by atoms with E-state index in [0.29, 0.717) is 18.0 Å². The van der Waals surface area contributed by atoms with E-state index in [2.05, 4.69) is 0 Å². The number of sulfonamides is 1. The summed E-state index contributed by atoms with van der Waals surface area (Å²) >= 11 is 0. The summed E-state index contributed by atoms with van der Waals surface area (Å²) in [7, 11) is -1.82. The van der Waals surface area contributed by atoms with E-state index >= 15 is 0 Å². The van der Waals surface area contributed by atoms with Crippen LogP contribution in [0.1, 0.15) is 37.7 Å². The first-order valence-corrected chi connectivity index (χ1v) is 12.2. The van der Waals surface area contributed by atoms with Crippen LogP contribution in [0, 0.1) is 0 Å². The summed E-state index contributed by atoms with van der Waals surface area (Å²) in [6, 6.07) is 16.8. The molecule has 0 unspecified atom stereocenters. The molecule has 1 aliphatic rings. The van der Waals surface area contributed by atoms with Gasteiger partial charge >= 0.3 is 0 Å². The fourth-order valence-corrected chi connectivity index (χ4v) is 4.61. The van der Waals surface area contributed by atoms with E-state index in [9.17, 15) is 13.2 Å². The lowest BCUT2D eigenvalue weighted by molar-refractivity contribution is -0.130. The molecular weight excluding hydrogens is 400 g/mol. The molecule has 6 nitrogen and oxygen atoms in total. The summed E-state index contributed by atoms with van der Waals surface area (Å²) in [5.74, 6) is 0.457. The lowest BCUT2D eigenvalue weighted by Crippen LogP contribution is -2.45. The van der Waals surface area contributed by atoms with Crippen molar-refractivity contribution in [2.75, 3.05) is 24.2 Å². The maximum Gasteiger partial charge on any atom is 0.243 e. The van der Waals surface area contributed by atoms with Crippen LogP contribution < -0.4 is 9.04 Å². The minimum Gasteiger partial charge on any atom is -0.489 e. The number of carbonyl (C=O) groups excluding carboxylic acids is 1. The SMILES string of the molecule is CN(C(=O)CN(c1ccc(OCc2ccccc2)cc1)S(C)(=O)=O)C1CCCCC1. The van der Waals surface area contributed by atoms with Gasteiger partial charge in [-0.1, -0.05) is 49.6 Å². The Morgan fingerprint density at radius 3 is 2.23 bits per heavy atom. The topological polar surface area (TPSA) is 66.9 Å². The van der Waals surface area contributed by atoms with Gasteiger partial charge in [-0.25, -0.2) is 8.42 Å². The van der Waals surface area contributed by atoms with Crippen molar-refractivity contribution >= 4 is 21.6 Å². The van der Waals surface area contributed by atoms with E-state index in [1.807, 2.05) is 30.3 Å². The van der Waals surface area contributed by atoms with Crippen LogP contribution in [0.3, 0.4) is 0 Å². The summed E-state index contributed by atoms with van der Waals surface area (Å²) in [4.78, 5) is 14.5. The number of hydrogen-bond acceptors (Lipinski definition) is 4. The first-order chi connectivity index (χ1) is 14.3. The van der Waals surface area contributed by atoms with Crippen molar-refractivity contribution in [3.05, 3.63) is 60.2 Å². The molecule has 7 heteroatoms. The molecule has 1 fully saturated rings. The summed E-state index contributed by atoms with van der Waals surface area (Å²) in [5.41, 5.74) is 1.51. The monoisotopic (exact) mass is 430 g/mol. The van der Waals surface area contributed by atoms with Gasteiger partial charge in [-0.05, 0) is 42.7 Å². The normalized spacial score (nSPS) is 14.9. The van der Waals surface area contributed by atoms with E-state index in [0.717, 1.165) is 41.8 Å². The van der Waals surface area contributed by atoms with Crippen molar-refractivity contribution in [3.8, 4) is 5.75 Å². The van der Waals surface area contributed by atoms with Gasteiger partial charge in [-0.15, -0.1) is 0 Å². The molecule has 0 bridgehead atoms. The Labute approximate surface area is 179 Å². The highest BCUT2D eigenvalue weighted by atomic mass is 32.2. The zero-order valence-corrected chi connectivity index (χ0v) is 18.5. The Morgan fingerprint density at radius 1 is 1.00 bits per heavy atom. The second-order valence-electron chi connectivity index (χ2n) is 7.83. The highest BCUT2D eigenvalue weighted by Gasteiger charge is 2.27. The summed E-state index contributed by atoms with van der Waals surface area (Å²) in [6.45, 7) is 0.233. The number of hydrogen-bond donors (Lipinski definition) is 0. The predicted octanol–water partition coefficient (Wildman–Crippen LogP) is 3.82. The van der Waals surface area contributed by atoms with Gasteiger partial charge in [-0.2, -0.15) is 0 Å². The van der Waals surface area contributed by atoms with Crippen molar-refractivity contribution in [3.63, 3.8) is 0 Å². The zero-order valence-electron chi connectivity index (χ0n) is 17.7. The van der Waals surface area contributed by atoms with Gasteiger partial charge in [0.1, 0.15) is 18.9 Å². The van der Waals surface area contributed by atoms with Crippen LogP contribution in [0.2, 0.25) is 0 Å². The molecular formula is C23H30N2O4S. The number of ether oxygens (including phenoxy) is 1. The van der Waals surface area contributed by atoms with Crippen LogP contribution in [-0.2, 0) is 21.4 Å². The molecule has 2 aromatic rings. The van der Waals surface area contributed by atoms with E-state index in [1.54, 1.807) is 36.2 Å². The Bertz CT molecular complexity index is 923. The van der Waals surface area contributed by atoms with E-state index < -0.39 is 10.0 Å². The molecule has 1 amide bonds. The van der Waals surface area contributed by atoms with Crippen LogP contribution >= 0.6 is 0 Å². The fourth-order valence-electron chi connectivity index (χ4n) is 3.76. The fraction of sp³-hybridized carbons (Fsp3) is 0.435. The third-order valence-electron chi connectivity index (χ3n) is 5.57. The first-order valence-electron chi connectivity index (χ1n) is 10.3. The van der Waals surface area contributed by atoms with Crippen LogP contribution in [0.15, 0.2) is 54.6 Å². The highest BCUT2D eigenvalue weighted by molar-refractivity contribution is 7.92. The van der Waals surface area contributed by atoms with Crippen molar-refractivity contribution < 1.29 is 17.9 Å². The molecule has 0 aliphatic heterocycles. The van der Waals surface area contributed by atoms with Gasteiger partial charge in [0, 0.05) is 13.1 Å². The van der Waals surface area contributed by atoms with Crippen molar-refractivity contribution in [2.45, 2.75) is 44.8 Å². The lowest BCUT2D eigenvalue weighted by Gasteiger charge is -2.33. The predicted molar refractivity (Wildman–Crippen MR) is 119 cm³/mol. The second kappa shape index (κ2) is 9.98. The number of amides is 1. The summed E-state index contributed by atoms with van der Waals surface area (Å²) < 4.78 is 31.7. The van der Waals surface area contributed by atoms with E-state index in [-0.39, 0.29) is 18.5 Å². The molecule has 3 rings (SSSR count). The van der Waals surface area contributed by atoms with Crippen LogP contribution in [0.5, 0.6) is 5.75 Å². The van der Waals surface area contributed by atoms with Crippen LogP contribution in [-0.4, -0.2) is 45.1 Å². The quantitative estimate of drug-likeness (QED) is 0.639. The molecule has 0 aromatic heterocycles. The smallest absolute Gasteiger partial charge is 0.243 e. The molecule has 1 aliphatic carbocycles. The van der Waals surface area contributed by atoms with Gasteiger partial charge in [0.25, 0.3) is 0 Å². The Hall–Kier alpha value is -2.54. The Kier molecular flexibility index (Phi) is 7.37. The third kappa shape index (κ3) is 5.98. The van der Waals surface area contributed by atoms with Crippen molar-refractivity contribution in [2.24, 2.45) is 0 Å². The van der Waals surface area contributed by atoms with Crippen molar-refractivity contribution in [1.29, 1.82) is 0 Å². The third-order valence-corrected chi connectivity index (χ3v) is 6.71. The maximum absolute atomic E-state index is 12.8. The van der Waals surface area contributed by atoms with Gasteiger partial charge < -0.3 is 9.64 Å². The number of nitrogens with zero attached hydrogens (tertiary/aromatic N) is 2. The Balaban J connectivity index is 1.67. The Morgan fingerprint density at radius 2 is 1.63 bits per heavy atom. The molecule has 30 heavy (non-hydrogen) atoms. The number of benzene rings is 2. The maximum atomic E-state index is 12.8.